The summed E-state index contributed by atoms with van der Waals surface area (Å²) in [5.74, 6) is -0.655. The van der Waals surface area contributed by atoms with E-state index < -0.39 is 21.5 Å². The van der Waals surface area contributed by atoms with Crippen LogP contribution in [0.2, 0.25) is 0 Å². The van der Waals surface area contributed by atoms with Crippen LogP contribution in [0.5, 0.6) is 0 Å². The van der Waals surface area contributed by atoms with Crippen molar-refractivity contribution in [2.24, 2.45) is 0 Å². The van der Waals surface area contributed by atoms with Gasteiger partial charge in [-0.05, 0) is 37.6 Å². The average molecular weight is 296 g/mol. The highest BCUT2D eigenvalue weighted by molar-refractivity contribution is 7.89. The fourth-order valence-corrected chi connectivity index (χ4v) is 2.98. The van der Waals surface area contributed by atoms with Crippen LogP contribution >= 0.6 is 0 Å². The summed E-state index contributed by atoms with van der Waals surface area (Å²) in [5, 5.41) is 8.68. The predicted molar refractivity (Wildman–Crippen MR) is 72.2 cm³/mol. The standard InChI is InChI=1S/C13H16N2O4S/c1-4-13(2,12(16)19-3)15-20(17,18)11-7-5-10(9-14)6-8-11/h5-8,15H,4H2,1-3H3/t13-/m1/s1. The minimum Gasteiger partial charge on any atom is -0.468 e. The Balaban J connectivity index is 3.10. The molecule has 7 heteroatoms. The highest BCUT2D eigenvalue weighted by Crippen LogP contribution is 2.17. The lowest BCUT2D eigenvalue weighted by Gasteiger charge is -2.26. The summed E-state index contributed by atoms with van der Waals surface area (Å²) in [6.07, 6.45) is 0.245. The van der Waals surface area contributed by atoms with Crippen LogP contribution in [0, 0.1) is 11.3 Å². The van der Waals surface area contributed by atoms with Gasteiger partial charge in [0.2, 0.25) is 10.0 Å². The number of nitriles is 1. The molecular formula is C13H16N2O4S. The number of rotatable bonds is 5. The van der Waals surface area contributed by atoms with E-state index in [0.717, 1.165) is 0 Å². The second-order valence-electron chi connectivity index (χ2n) is 4.42. The fraction of sp³-hybridized carbons (Fsp3) is 0.385. The summed E-state index contributed by atoms with van der Waals surface area (Å²) in [7, 11) is -2.67. The van der Waals surface area contributed by atoms with Crippen LogP contribution in [0.4, 0.5) is 0 Å². The molecule has 0 unspecified atom stereocenters. The van der Waals surface area contributed by atoms with Crippen molar-refractivity contribution in [3.05, 3.63) is 29.8 Å². The number of carbonyl (C=O) groups is 1. The highest BCUT2D eigenvalue weighted by Gasteiger charge is 2.37. The van der Waals surface area contributed by atoms with Crippen molar-refractivity contribution >= 4 is 16.0 Å². The number of hydrogen-bond acceptors (Lipinski definition) is 5. The van der Waals surface area contributed by atoms with Crippen molar-refractivity contribution in [1.82, 2.24) is 4.72 Å². The van der Waals surface area contributed by atoms with Gasteiger partial charge in [-0.15, -0.1) is 0 Å². The molecule has 1 rings (SSSR count). The van der Waals surface area contributed by atoms with E-state index in [0.29, 0.717) is 5.56 Å². The van der Waals surface area contributed by atoms with Crippen LogP contribution in [0.25, 0.3) is 0 Å². The third kappa shape index (κ3) is 3.35. The van der Waals surface area contributed by atoms with Crippen LogP contribution in [0.3, 0.4) is 0 Å². The molecule has 1 atom stereocenters. The molecule has 0 spiro atoms. The van der Waals surface area contributed by atoms with Gasteiger partial charge in [-0.25, -0.2) is 8.42 Å². The molecule has 0 fully saturated rings. The third-order valence-corrected chi connectivity index (χ3v) is 4.61. The number of benzene rings is 1. The van der Waals surface area contributed by atoms with Gasteiger partial charge in [-0.3, -0.25) is 4.79 Å². The number of carbonyl (C=O) groups excluding carboxylic acids is 1. The van der Waals surface area contributed by atoms with E-state index in [1.54, 1.807) is 6.92 Å². The van der Waals surface area contributed by atoms with Crippen molar-refractivity contribution < 1.29 is 17.9 Å². The Bertz CT molecular complexity index is 631. The van der Waals surface area contributed by atoms with Crippen LogP contribution in [-0.4, -0.2) is 27.0 Å². The number of sulfonamides is 1. The van der Waals surface area contributed by atoms with Crippen LogP contribution in [0.1, 0.15) is 25.8 Å². The van der Waals surface area contributed by atoms with Crippen LogP contribution < -0.4 is 4.72 Å². The zero-order valence-corrected chi connectivity index (χ0v) is 12.3. The number of esters is 1. The number of methoxy groups -OCH3 is 1. The molecule has 0 heterocycles. The second kappa shape index (κ2) is 6.03. The van der Waals surface area contributed by atoms with Crippen molar-refractivity contribution in [2.75, 3.05) is 7.11 Å². The molecule has 108 valence electrons. The summed E-state index contributed by atoms with van der Waals surface area (Å²) < 4.78 is 31.4. The maximum atomic E-state index is 12.2. The van der Waals surface area contributed by atoms with E-state index in [4.69, 9.17) is 5.26 Å². The van der Waals surface area contributed by atoms with Crippen molar-refractivity contribution in [1.29, 1.82) is 5.26 Å². The topological polar surface area (TPSA) is 96.3 Å². The number of hydrogen-bond donors (Lipinski definition) is 1. The first-order valence-electron chi connectivity index (χ1n) is 5.91. The van der Waals surface area contributed by atoms with Crippen molar-refractivity contribution in [2.45, 2.75) is 30.7 Å². The largest absolute Gasteiger partial charge is 0.468 e. The van der Waals surface area contributed by atoms with Gasteiger partial charge in [0.05, 0.1) is 23.6 Å². The first-order chi connectivity index (χ1) is 9.29. The number of nitrogens with zero attached hydrogens (tertiary/aromatic N) is 1. The molecule has 0 aliphatic rings. The normalized spacial score (nSPS) is 14.1. The molecule has 0 aliphatic carbocycles. The lowest BCUT2D eigenvalue weighted by molar-refractivity contribution is -0.147. The molecule has 0 amide bonds. The quantitative estimate of drug-likeness (QED) is 0.823. The number of ether oxygens (including phenoxy) is 1. The first kappa shape index (κ1) is 16.1. The molecule has 6 nitrogen and oxygen atoms in total. The SMILES string of the molecule is CC[C@@](C)(NS(=O)(=O)c1ccc(C#N)cc1)C(=O)OC. The fourth-order valence-electron chi connectivity index (χ4n) is 1.55. The molecule has 0 saturated carbocycles. The van der Waals surface area contributed by atoms with Gasteiger partial charge >= 0.3 is 5.97 Å². The van der Waals surface area contributed by atoms with Crippen LogP contribution in [-0.2, 0) is 19.6 Å². The molecule has 1 aromatic carbocycles. The molecule has 0 radical (unpaired) electrons. The smallest absolute Gasteiger partial charge is 0.326 e. The van der Waals surface area contributed by atoms with E-state index in [-0.39, 0.29) is 11.3 Å². The van der Waals surface area contributed by atoms with E-state index in [1.807, 2.05) is 6.07 Å². The Morgan fingerprint density at radius 2 is 1.95 bits per heavy atom. The third-order valence-electron chi connectivity index (χ3n) is 3.00. The zero-order chi connectivity index (χ0) is 15.4. The van der Waals surface area contributed by atoms with Gasteiger partial charge in [0, 0.05) is 0 Å². The Morgan fingerprint density at radius 1 is 1.40 bits per heavy atom. The Morgan fingerprint density at radius 3 is 2.35 bits per heavy atom. The van der Waals surface area contributed by atoms with E-state index in [1.165, 1.54) is 38.3 Å². The average Bonchev–Trinajstić information content (AvgIpc) is 2.45. The van der Waals surface area contributed by atoms with Gasteiger partial charge in [0.25, 0.3) is 0 Å². The predicted octanol–water partition coefficient (Wildman–Crippen LogP) is 1.18. The Labute approximate surface area is 118 Å². The summed E-state index contributed by atoms with van der Waals surface area (Å²) >= 11 is 0. The molecule has 1 aromatic rings. The van der Waals surface area contributed by atoms with Gasteiger partial charge < -0.3 is 4.74 Å². The monoisotopic (exact) mass is 296 g/mol. The minimum absolute atomic E-state index is 0.0138. The summed E-state index contributed by atoms with van der Waals surface area (Å²) in [4.78, 5) is 11.7. The molecule has 0 aromatic heterocycles. The second-order valence-corrected chi connectivity index (χ2v) is 6.10. The lowest BCUT2D eigenvalue weighted by atomic mass is 10.0. The molecular weight excluding hydrogens is 280 g/mol. The first-order valence-corrected chi connectivity index (χ1v) is 7.40. The summed E-state index contributed by atoms with van der Waals surface area (Å²) in [6.45, 7) is 3.14. The van der Waals surface area contributed by atoms with Gasteiger partial charge in [-0.2, -0.15) is 9.98 Å². The van der Waals surface area contributed by atoms with E-state index >= 15 is 0 Å². The maximum absolute atomic E-state index is 12.2. The zero-order valence-electron chi connectivity index (χ0n) is 11.5. The highest BCUT2D eigenvalue weighted by atomic mass is 32.2. The summed E-state index contributed by atoms with van der Waals surface area (Å²) in [5.41, 5.74) is -0.975. The van der Waals surface area contributed by atoms with Crippen molar-refractivity contribution in [3.63, 3.8) is 0 Å². The molecule has 1 N–H and O–H groups in total. The van der Waals surface area contributed by atoms with Gasteiger partial charge in [0.15, 0.2) is 0 Å². The molecule has 0 aliphatic heterocycles. The summed E-state index contributed by atoms with van der Waals surface area (Å²) in [6, 6.07) is 7.33. The molecule has 20 heavy (non-hydrogen) atoms. The van der Waals surface area contributed by atoms with Gasteiger partial charge in [-0.1, -0.05) is 6.92 Å². The number of nitrogens with one attached hydrogen (secondary N) is 1. The molecule has 0 saturated heterocycles. The minimum atomic E-state index is -3.87. The van der Waals surface area contributed by atoms with Gasteiger partial charge in [0.1, 0.15) is 5.54 Å². The Kier molecular flexibility index (Phi) is 4.87. The van der Waals surface area contributed by atoms with E-state index in [9.17, 15) is 13.2 Å². The lowest BCUT2D eigenvalue weighted by Crippen LogP contribution is -2.52. The van der Waals surface area contributed by atoms with E-state index in [2.05, 4.69) is 9.46 Å². The van der Waals surface area contributed by atoms with Crippen LogP contribution in [0.15, 0.2) is 29.2 Å². The maximum Gasteiger partial charge on any atom is 0.326 e. The Hall–Kier alpha value is -1.91. The van der Waals surface area contributed by atoms with Crippen molar-refractivity contribution in [3.8, 4) is 6.07 Å². The molecule has 0 bridgehead atoms.